The number of fused-ring (bicyclic) bond motifs is 1. The second kappa shape index (κ2) is 7.69. The number of nitrogens with zero attached hydrogens (tertiary/aromatic N) is 2. The molecule has 0 saturated heterocycles. The maximum atomic E-state index is 11.5. The van der Waals surface area contributed by atoms with Crippen molar-refractivity contribution in [2.24, 2.45) is 21.4 Å². The summed E-state index contributed by atoms with van der Waals surface area (Å²) >= 11 is 0. The van der Waals surface area contributed by atoms with E-state index in [4.69, 9.17) is 0 Å². The summed E-state index contributed by atoms with van der Waals surface area (Å²) in [7, 11) is 0. The minimum absolute atomic E-state index is 0. The summed E-state index contributed by atoms with van der Waals surface area (Å²) in [4.78, 5) is 4.29. The van der Waals surface area contributed by atoms with E-state index < -0.39 is 5.60 Å². The molecule has 1 aromatic carbocycles. The number of benzene rings is 1. The molecule has 6 heteroatoms. The minimum atomic E-state index is -0.592. The Kier molecular flexibility index (Phi) is 5.72. The fourth-order valence-electron chi connectivity index (χ4n) is 4.99. The molecule has 4 atom stereocenters. The lowest BCUT2D eigenvalue weighted by atomic mass is 9.59. The van der Waals surface area contributed by atoms with Gasteiger partial charge in [-0.05, 0) is 43.6 Å². The van der Waals surface area contributed by atoms with Crippen LogP contribution >= 0.6 is 17.0 Å². The molecule has 3 aliphatic rings. The Morgan fingerprint density at radius 1 is 1.27 bits per heavy atom. The fraction of sp³-hybridized carbons (Fsp3) is 0.600. The van der Waals surface area contributed by atoms with Gasteiger partial charge in [0, 0.05) is 24.1 Å². The first-order chi connectivity index (χ1) is 12.1. The van der Waals surface area contributed by atoms with Crippen LogP contribution in [0.15, 0.2) is 40.4 Å². The van der Waals surface area contributed by atoms with E-state index in [1.54, 1.807) is 0 Å². The molecular weight excluding hydrogens is 392 g/mol. The van der Waals surface area contributed by atoms with Gasteiger partial charge in [-0.2, -0.15) is 5.10 Å². The van der Waals surface area contributed by atoms with Crippen molar-refractivity contribution in [2.75, 3.05) is 13.1 Å². The monoisotopic (exact) mass is 420 g/mol. The molecule has 1 aliphatic heterocycles. The summed E-state index contributed by atoms with van der Waals surface area (Å²) < 4.78 is 0. The number of nitrogens with one attached hydrogen (secondary N) is 2. The lowest BCUT2D eigenvalue weighted by Gasteiger charge is -2.49. The Balaban J connectivity index is 0.00000196. The smallest absolute Gasteiger partial charge is 0.212 e. The molecule has 26 heavy (non-hydrogen) atoms. The highest BCUT2D eigenvalue weighted by molar-refractivity contribution is 8.93. The van der Waals surface area contributed by atoms with E-state index in [0.717, 1.165) is 51.2 Å². The number of halogens is 1. The molecule has 1 heterocycles. The third-order valence-corrected chi connectivity index (χ3v) is 6.72. The zero-order chi connectivity index (χ0) is 17.3. The number of guanidine groups is 1. The first kappa shape index (κ1) is 19.4. The van der Waals surface area contributed by atoms with Crippen LogP contribution in [-0.4, -0.2) is 36.0 Å². The van der Waals surface area contributed by atoms with Crippen LogP contribution < -0.4 is 10.7 Å². The molecule has 2 saturated carbocycles. The van der Waals surface area contributed by atoms with E-state index in [-0.39, 0.29) is 22.4 Å². The molecule has 2 fully saturated rings. The first-order valence-corrected chi connectivity index (χ1v) is 9.46. The van der Waals surface area contributed by atoms with Crippen LogP contribution in [-0.2, 0) is 0 Å². The van der Waals surface area contributed by atoms with E-state index in [2.05, 4.69) is 58.1 Å². The number of aliphatic hydroxyl groups is 1. The molecule has 1 aromatic rings. The van der Waals surface area contributed by atoms with Crippen LogP contribution in [0.2, 0.25) is 0 Å². The number of aliphatic imine (C=N–C) groups is 1. The van der Waals surface area contributed by atoms with Crippen LogP contribution in [0.1, 0.15) is 50.5 Å². The third kappa shape index (κ3) is 3.41. The topological polar surface area (TPSA) is 69.0 Å². The molecule has 0 spiro atoms. The van der Waals surface area contributed by atoms with Gasteiger partial charge in [0.2, 0.25) is 5.96 Å². The van der Waals surface area contributed by atoms with Crippen LogP contribution in [0.5, 0.6) is 0 Å². The van der Waals surface area contributed by atoms with Crippen molar-refractivity contribution in [1.29, 1.82) is 0 Å². The lowest BCUT2D eigenvalue weighted by molar-refractivity contribution is -0.0957. The van der Waals surface area contributed by atoms with Crippen molar-refractivity contribution >= 4 is 29.2 Å². The van der Waals surface area contributed by atoms with Crippen LogP contribution in [0.25, 0.3) is 0 Å². The molecule has 0 amide bonds. The van der Waals surface area contributed by atoms with Crippen molar-refractivity contribution in [3.63, 3.8) is 0 Å². The molecule has 142 valence electrons. The first-order valence-electron chi connectivity index (χ1n) is 9.46. The molecule has 0 unspecified atom stereocenters. The number of hydrogen-bond acceptors (Lipinski definition) is 5. The van der Waals surface area contributed by atoms with Gasteiger partial charge in [0.25, 0.3) is 0 Å². The SMILES string of the molecule is Br.C[C@]12CC[C@H](c3ccccc3)C[C@@]1(O)CC[C@@H]2/C=N\NC1=NCCN1. The number of rotatable bonds is 3. The highest BCUT2D eigenvalue weighted by Gasteiger charge is 2.58. The van der Waals surface area contributed by atoms with Crippen LogP contribution in [0.4, 0.5) is 0 Å². The van der Waals surface area contributed by atoms with Crippen molar-refractivity contribution in [2.45, 2.75) is 50.5 Å². The van der Waals surface area contributed by atoms with Crippen molar-refractivity contribution in [1.82, 2.24) is 10.7 Å². The Bertz CT molecular complexity index is 680. The molecule has 0 bridgehead atoms. The lowest BCUT2D eigenvalue weighted by Crippen LogP contribution is -2.49. The van der Waals surface area contributed by atoms with E-state index in [9.17, 15) is 5.11 Å². The van der Waals surface area contributed by atoms with Gasteiger partial charge in [-0.25, -0.2) is 10.4 Å². The quantitative estimate of drug-likeness (QED) is 0.519. The van der Waals surface area contributed by atoms with Crippen molar-refractivity contribution in [3.8, 4) is 0 Å². The van der Waals surface area contributed by atoms with Gasteiger partial charge in [-0.3, -0.25) is 0 Å². The Morgan fingerprint density at radius 3 is 2.81 bits per heavy atom. The molecular formula is C20H29BrN4O. The Hall–Kier alpha value is -1.40. The summed E-state index contributed by atoms with van der Waals surface area (Å²) in [6, 6.07) is 10.7. The molecule has 0 aromatic heterocycles. The third-order valence-electron chi connectivity index (χ3n) is 6.72. The average Bonchev–Trinajstić information content (AvgIpc) is 3.23. The molecule has 5 nitrogen and oxygen atoms in total. The van der Waals surface area contributed by atoms with Crippen LogP contribution in [0, 0.1) is 11.3 Å². The predicted octanol–water partition coefficient (Wildman–Crippen LogP) is 3.21. The maximum absolute atomic E-state index is 11.5. The number of hydrogen-bond donors (Lipinski definition) is 3. The molecule has 2 aliphatic carbocycles. The van der Waals surface area contributed by atoms with Gasteiger partial charge >= 0.3 is 0 Å². The standard InChI is InChI=1S/C20H28N4O.BrH/c1-19-9-7-16(15-5-3-2-4-6-15)13-20(19,25)10-8-17(19)14-23-24-18-21-11-12-22-18;/h2-6,14,16-17,25H,7-13H2,1H3,(H2,21,22,24);1H/b23-14-;/t16-,17+,19+,20-;/m0./s1. The summed E-state index contributed by atoms with van der Waals surface area (Å²) in [5.41, 5.74) is 3.68. The van der Waals surface area contributed by atoms with Gasteiger partial charge in [-0.1, -0.05) is 37.3 Å². The predicted molar refractivity (Wildman–Crippen MR) is 111 cm³/mol. The van der Waals surface area contributed by atoms with E-state index >= 15 is 0 Å². The van der Waals surface area contributed by atoms with Gasteiger partial charge in [0.15, 0.2) is 0 Å². The number of hydrazone groups is 1. The highest BCUT2D eigenvalue weighted by atomic mass is 79.9. The average molecular weight is 421 g/mol. The van der Waals surface area contributed by atoms with E-state index in [1.165, 1.54) is 5.56 Å². The molecule has 3 N–H and O–H groups in total. The fourth-order valence-corrected chi connectivity index (χ4v) is 4.99. The largest absolute Gasteiger partial charge is 0.389 e. The summed E-state index contributed by atoms with van der Waals surface area (Å²) in [5, 5.41) is 19.0. The van der Waals surface area contributed by atoms with Gasteiger partial charge < -0.3 is 10.4 Å². The molecule has 4 rings (SSSR count). The zero-order valence-electron chi connectivity index (χ0n) is 15.3. The maximum Gasteiger partial charge on any atom is 0.212 e. The Labute approximate surface area is 166 Å². The zero-order valence-corrected chi connectivity index (χ0v) is 17.0. The van der Waals surface area contributed by atoms with Crippen molar-refractivity contribution in [3.05, 3.63) is 35.9 Å². The highest BCUT2D eigenvalue weighted by Crippen LogP contribution is 2.60. The van der Waals surface area contributed by atoms with E-state index in [1.807, 2.05) is 6.21 Å². The normalized spacial score (nSPS) is 36.2. The van der Waals surface area contributed by atoms with Gasteiger partial charge in [-0.15, -0.1) is 17.0 Å². The van der Waals surface area contributed by atoms with Gasteiger partial charge in [0.1, 0.15) is 0 Å². The summed E-state index contributed by atoms with van der Waals surface area (Å²) in [6.07, 6.45) is 6.90. The van der Waals surface area contributed by atoms with Crippen molar-refractivity contribution < 1.29 is 5.11 Å². The van der Waals surface area contributed by atoms with E-state index in [0.29, 0.717) is 11.8 Å². The minimum Gasteiger partial charge on any atom is -0.389 e. The van der Waals surface area contributed by atoms with Crippen LogP contribution in [0.3, 0.4) is 0 Å². The summed E-state index contributed by atoms with van der Waals surface area (Å²) in [5.74, 6) is 1.52. The molecule has 0 radical (unpaired) electrons. The van der Waals surface area contributed by atoms with Gasteiger partial charge in [0.05, 0.1) is 12.1 Å². The second-order valence-electron chi connectivity index (χ2n) is 7.99. The Morgan fingerprint density at radius 2 is 2.08 bits per heavy atom. The second-order valence-corrected chi connectivity index (χ2v) is 7.99. The summed E-state index contributed by atoms with van der Waals surface area (Å²) in [6.45, 7) is 3.93.